The van der Waals surface area contributed by atoms with E-state index in [-0.39, 0.29) is 10.8 Å². The normalized spacial score (nSPS) is 15.2. The lowest BCUT2D eigenvalue weighted by atomic mass is 10.2. The fourth-order valence-corrected chi connectivity index (χ4v) is 1.87. The van der Waals surface area contributed by atoms with Gasteiger partial charge in [0.05, 0.1) is 12.9 Å². The van der Waals surface area contributed by atoms with Crippen molar-refractivity contribution < 1.29 is 20.1 Å². The summed E-state index contributed by atoms with van der Waals surface area (Å²) >= 11 is 5.84. The molecule has 2 aromatic heterocycles. The van der Waals surface area contributed by atoms with Crippen LogP contribution in [0.25, 0.3) is 11.2 Å². The predicted octanol–water partition coefficient (Wildman–Crippen LogP) is 0.365. The van der Waals surface area contributed by atoms with Crippen LogP contribution in [0.1, 0.15) is 20.1 Å². The highest BCUT2D eigenvalue weighted by Crippen LogP contribution is 2.22. The van der Waals surface area contributed by atoms with Gasteiger partial charge in [0.2, 0.25) is 0 Å². The summed E-state index contributed by atoms with van der Waals surface area (Å²) in [6.45, 7) is 3.57. The summed E-state index contributed by atoms with van der Waals surface area (Å²) in [5.74, 6) is 0. The molecule has 0 fully saturated rings. The number of aliphatic hydroxyl groups is 3. The van der Waals surface area contributed by atoms with Crippen molar-refractivity contribution in [3.05, 3.63) is 17.8 Å². The third kappa shape index (κ3) is 3.66. The molecule has 0 aliphatic rings. The van der Waals surface area contributed by atoms with Crippen LogP contribution in [0.3, 0.4) is 0 Å². The summed E-state index contributed by atoms with van der Waals surface area (Å²) in [6, 6.07) is 0. The third-order valence-corrected chi connectivity index (χ3v) is 3.04. The van der Waals surface area contributed by atoms with Gasteiger partial charge < -0.3 is 20.1 Å². The van der Waals surface area contributed by atoms with Crippen molar-refractivity contribution in [2.45, 2.75) is 32.3 Å². The number of aliphatic hydroxyl groups excluding tert-OH is 3. The van der Waals surface area contributed by atoms with Gasteiger partial charge in [-0.1, -0.05) is 25.4 Å². The zero-order valence-corrected chi connectivity index (χ0v) is 12.8. The predicted molar refractivity (Wildman–Crippen MR) is 76.8 cm³/mol. The first-order valence-corrected chi connectivity index (χ1v) is 6.80. The van der Waals surface area contributed by atoms with Gasteiger partial charge in [0.1, 0.15) is 24.1 Å². The number of rotatable bonds is 5. The van der Waals surface area contributed by atoms with Crippen LogP contribution in [-0.4, -0.2) is 60.8 Å². The first-order chi connectivity index (χ1) is 10.1. The molecule has 3 atom stereocenters. The Morgan fingerprint density at radius 2 is 1.95 bits per heavy atom. The van der Waals surface area contributed by atoms with Crippen LogP contribution >= 0.6 is 11.6 Å². The number of ether oxygens (including phenoxy) is 1. The summed E-state index contributed by atoms with van der Waals surface area (Å²) in [5, 5.41) is 29.2. The molecule has 118 valence electrons. The van der Waals surface area contributed by atoms with Crippen LogP contribution in [-0.2, 0) is 4.74 Å². The molecule has 0 saturated carbocycles. The van der Waals surface area contributed by atoms with Crippen molar-refractivity contribution in [1.29, 1.82) is 0 Å². The molecular weight excluding hydrogens is 300 g/mol. The van der Waals surface area contributed by atoms with E-state index >= 15 is 0 Å². The van der Waals surface area contributed by atoms with E-state index < -0.39 is 25.0 Å². The Morgan fingerprint density at radius 1 is 1.29 bits per heavy atom. The van der Waals surface area contributed by atoms with Gasteiger partial charge in [0.15, 0.2) is 17.0 Å². The monoisotopic (exact) mass is 318 g/mol. The van der Waals surface area contributed by atoms with Gasteiger partial charge in [-0.25, -0.2) is 15.0 Å². The molecule has 3 N–H and O–H groups in total. The van der Waals surface area contributed by atoms with Gasteiger partial charge >= 0.3 is 0 Å². The van der Waals surface area contributed by atoms with Crippen molar-refractivity contribution in [3.8, 4) is 0 Å². The second-order valence-corrected chi connectivity index (χ2v) is 4.21. The summed E-state index contributed by atoms with van der Waals surface area (Å²) < 4.78 is 6.10. The first-order valence-electron chi connectivity index (χ1n) is 6.43. The van der Waals surface area contributed by atoms with Crippen LogP contribution < -0.4 is 0 Å². The van der Waals surface area contributed by atoms with Crippen molar-refractivity contribution in [1.82, 2.24) is 19.5 Å². The SMILES string of the molecule is CC.COC(CO)C(O)C(O)n1cnc2c(Cl)ncnc21. The molecule has 2 heterocycles. The van der Waals surface area contributed by atoms with Gasteiger partial charge in [-0.3, -0.25) is 4.57 Å². The molecule has 21 heavy (non-hydrogen) atoms. The average molecular weight is 319 g/mol. The van der Waals surface area contributed by atoms with E-state index in [2.05, 4.69) is 15.0 Å². The van der Waals surface area contributed by atoms with E-state index in [4.69, 9.17) is 21.4 Å². The number of hydrogen-bond donors (Lipinski definition) is 3. The fraction of sp³-hybridized carbons (Fsp3) is 0.583. The molecule has 0 bridgehead atoms. The molecule has 0 aromatic carbocycles. The molecule has 0 spiro atoms. The second kappa shape index (κ2) is 8.20. The van der Waals surface area contributed by atoms with Crippen LogP contribution in [0.2, 0.25) is 5.15 Å². The lowest BCUT2D eigenvalue weighted by molar-refractivity contribution is -0.116. The van der Waals surface area contributed by atoms with E-state index in [0.717, 1.165) is 0 Å². The number of halogens is 1. The van der Waals surface area contributed by atoms with E-state index in [9.17, 15) is 10.2 Å². The molecule has 3 unspecified atom stereocenters. The molecule has 0 amide bonds. The van der Waals surface area contributed by atoms with Gasteiger partial charge in [0, 0.05) is 7.11 Å². The van der Waals surface area contributed by atoms with Crippen molar-refractivity contribution in [2.24, 2.45) is 0 Å². The Labute approximate surface area is 127 Å². The molecule has 0 radical (unpaired) electrons. The lowest BCUT2D eigenvalue weighted by Crippen LogP contribution is -2.38. The summed E-state index contributed by atoms with van der Waals surface area (Å²) in [4.78, 5) is 11.7. The largest absolute Gasteiger partial charge is 0.394 e. The van der Waals surface area contributed by atoms with Gasteiger partial charge in [0.25, 0.3) is 0 Å². The Kier molecular flexibility index (Phi) is 6.93. The summed E-state index contributed by atoms with van der Waals surface area (Å²) in [7, 11) is 1.32. The molecule has 0 saturated heterocycles. The minimum Gasteiger partial charge on any atom is -0.394 e. The standard InChI is InChI=1S/C10H13ClN4O4.C2H6/c1-19-5(2-16)7(17)10(18)15-4-14-6-8(11)12-3-13-9(6)15;1-2/h3-5,7,10,16-18H,2H2,1H3;1-2H3. The van der Waals surface area contributed by atoms with Gasteiger partial charge in [-0.2, -0.15) is 0 Å². The Morgan fingerprint density at radius 3 is 2.52 bits per heavy atom. The van der Waals surface area contributed by atoms with Gasteiger partial charge in [-0.15, -0.1) is 0 Å². The summed E-state index contributed by atoms with van der Waals surface area (Å²) in [6.07, 6.45) is -1.15. The Bertz CT molecular complexity index is 561. The highest BCUT2D eigenvalue weighted by molar-refractivity contribution is 6.33. The maximum Gasteiger partial charge on any atom is 0.167 e. The molecule has 0 aliphatic carbocycles. The second-order valence-electron chi connectivity index (χ2n) is 3.85. The van der Waals surface area contributed by atoms with E-state index in [1.165, 1.54) is 24.3 Å². The number of imidazole rings is 1. The van der Waals surface area contributed by atoms with E-state index in [0.29, 0.717) is 5.52 Å². The molecular formula is C12H19ClN4O4. The topological polar surface area (TPSA) is 114 Å². The number of fused-ring (bicyclic) bond motifs is 1. The molecule has 9 heteroatoms. The highest BCUT2D eigenvalue weighted by atomic mass is 35.5. The van der Waals surface area contributed by atoms with Crippen molar-refractivity contribution >= 4 is 22.8 Å². The zero-order chi connectivity index (χ0) is 16.0. The van der Waals surface area contributed by atoms with Crippen molar-refractivity contribution in [2.75, 3.05) is 13.7 Å². The number of hydrogen-bond acceptors (Lipinski definition) is 7. The van der Waals surface area contributed by atoms with Crippen LogP contribution in [0, 0.1) is 0 Å². The maximum atomic E-state index is 10.1. The highest BCUT2D eigenvalue weighted by Gasteiger charge is 2.28. The minimum absolute atomic E-state index is 0.149. The average Bonchev–Trinajstić information content (AvgIpc) is 2.95. The molecule has 8 nitrogen and oxygen atoms in total. The quantitative estimate of drug-likeness (QED) is 0.682. The van der Waals surface area contributed by atoms with Gasteiger partial charge in [-0.05, 0) is 0 Å². The molecule has 0 aliphatic heterocycles. The summed E-state index contributed by atoms with van der Waals surface area (Å²) in [5.41, 5.74) is 0.590. The number of methoxy groups -OCH3 is 1. The molecule has 2 rings (SSSR count). The van der Waals surface area contributed by atoms with Crippen LogP contribution in [0.5, 0.6) is 0 Å². The van der Waals surface area contributed by atoms with Crippen molar-refractivity contribution in [3.63, 3.8) is 0 Å². The van der Waals surface area contributed by atoms with E-state index in [1.807, 2.05) is 13.8 Å². The molecule has 2 aromatic rings. The zero-order valence-electron chi connectivity index (χ0n) is 12.0. The van der Waals surface area contributed by atoms with E-state index in [1.54, 1.807) is 0 Å². The Hall–Kier alpha value is -1.32. The maximum absolute atomic E-state index is 10.1. The number of aromatic nitrogens is 4. The number of nitrogens with zero attached hydrogens (tertiary/aromatic N) is 4. The Balaban J connectivity index is 0.00000106. The smallest absolute Gasteiger partial charge is 0.167 e. The van der Waals surface area contributed by atoms with Crippen LogP contribution in [0.4, 0.5) is 0 Å². The third-order valence-electron chi connectivity index (χ3n) is 2.77. The minimum atomic E-state index is -1.38. The first kappa shape index (κ1) is 17.7. The fourth-order valence-electron chi connectivity index (χ4n) is 1.70. The van der Waals surface area contributed by atoms with Crippen LogP contribution in [0.15, 0.2) is 12.7 Å². The lowest BCUT2D eigenvalue weighted by Gasteiger charge is -2.24.